The van der Waals surface area contributed by atoms with Gasteiger partial charge in [0.2, 0.25) is 6.79 Å². The number of ether oxygens (including phenoxy) is 4. The smallest absolute Gasteiger partial charge is 0.231 e. The van der Waals surface area contributed by atoms with Crippen molar-refractivity contribution in [2.45, 2.75) is 0 Å². The predicted octanol–water partition coefficient (Wildman–Crippen LogP) is 4.86. The van der Waals surface area contributed by atoms with Gasteiger partial charge in [-0.05, 0) is 54.7 Å². The number of nitrogens with zero attached hydrogens (tertiary/aromatic N) is 2. The Kier molecular flexibility index (Phi) is 4.79. The molecule has 0 amide bonds. The van der Waals surface area contributed by atoms with E-state index in [1.165, 1.54) is 0 Å². The molecule has 0 fully saturated rings. The van der Waals surface area contributed by atoms with Gasteiger partial charge in [0.15, 0.2) is 23.0 Å². The maximum absolute atomic E-state index is 5.65. The topological polar surface area (TPSA) is 53.1 Å². The molecule has 0 saturated heterocycles. The zero-order chi connectivity index (χ0) is 21.5. The van der Waals surface area contributed by atoms with E-state index in [9.17, 15) is 0 Å². The minimum Gasteiger partial charge on any atom is -0.493 e. The molecule has 0 N–H and O–H groups in total. The number of hydrogen-bond donors (Lipinski definition) is 0. The maximum atomic E-state index is 5.65. The molecule has 31 heavy (non-hydrogen) atoms. The quantitative estimate of drug-likeness (QED) is 0.433. The molecule has 1 aliphatic rings. The summed E-state index contributed by atoms with van der Waals surface area (Å²) in [6.07, 6.45) is 6.26. The Labute approximate surface area is 180 Å². The fourth-order valence-electron chi connectivity index (χ4n) is 4.11. The molecule has 0 atom stereocenters. The molecule has 4 aromatic rings. The summed E-state index contributed by atoms with van der Waals surface area (Å²) in [7, 11) is 7.42. The number of likely N-dealkylation sites (N-methyl/N-ethyl adjacent to an activating group) is 1. The van der Waals surface area contributed by atoms with Crippen molar-refractivity contribution in [2.75, 3.05) is 41.7 Å². The standard InChI is InChI=1S/C25H24N2O4/c1-27(2)7-5-6-15-8-16-9-21(28-3)22(29-4)10-17(16)19-13-26-20-12-24-23(30-14-31-24)11-18(20)25(15)19/h5-6,8-13H,7,14H2,1-4H3/b6-5+. The van der Waals surface area contributed by atoms with Crippen molar-refractivity contribution in [1.29, 1.82) is 0 Å². The molecule has 0 saturated carbocycles. The predicted molar refractivity (Wildman–Crippen MR) is 124 cm³/mol. The maximum Gasteiger partial charge on any atom is 0.231 e. The van der Waals surface area contributed by atoms with Crippen molar-refractivity contribution in [2.24, 2.45) is 0 Å². The average Bonchev–Trinajstić information content (AvgIpc) is 3.23. The first-order valence-electron chi connectivity index (χ1n) is 10.1. The van der Waals surface area contributed by atoms with E-state index < -0.39 is 0 Å². The van der Waals surface area contributed by atoms with E-state index in [1.54, 1.807) is 14.2 Å². The van der Waals surface area contributed by atoms with Crippen LogP contribution in [0.2, 0.25) is 0 Å². The second-order valence-electron chi connectivity index (χ2n) is 7.83. The third-order valence-corrected chi connectivity index (χ3v) is 5.58. The largest absolute Gasteiger partial charge is 0.493 e. The first-order valence-corrected chi connectivity index (χ1v) is 10.1. The van der Waals surface area contributed by atoms with Crippen molar-refractivity contribution in [3.8, 4) is 23.0 Å². The van der Waals surface area contributed by atoms with Crippen molar-refractivity contribution in [3.63, 3.8) is 0 Å². The van der Waals surface area contributed by atoms with Crippen LogP contribution in [0.5, 0.6) is 23.0 Å². The summed E-state index contributed by atoms with van der Waals surface area (Å²) >= 11 is 0. The molecule has 2 heterocycles. The summed E-state index contributed by atoms with van der Waals surface area (Å²) in [4.78, 5) is 6.88. The van der Waals surface area contributed by atoms with Gasteiger partial charge in [0, 0.05) is 35.0 Å². The molecule has 1 aromatic heterocycles. The summed E-state index contributed by atoms with van der Waals surface area (Å²) in [6, 6.07) is 10.2. The lowest BCUT2D eigenvalue weighted by Gasteiger charge is -2.14. The lowest BCUT2D eigenvalue weighted by atomic mass is 9.94. The van der Waals surface area contributed by atoms with Gasteiger partial charge in [0.25, 0.3) is 0 Å². The summed E-state index contributed by atoms with van der Waals surface area (Å²) < 4.78 is 22.3. The van der Waals surface area contributed by atoms with Crippen LogP contribution in [-0.2, 0) is 0 Å². The monoisotopic (exact) mass is 416 g/mol. The van der Waals surface area contributed by atoms with Crippen molar-refractivity contribution in [3.05, 3.63) is 48.2 Å². The van der Waals surface area contributed by atoms with Gasteiger partial charge >= 0.3 is 0 Å². The van der Waals surface area contributed by atoms with Crippen LogP contribution in [0.4, 0.5) is 0 Å². The molecule has 0 bridgehead atoms. The minimum atomic E-state index is 0.235. The van der Waals surface area contributed by atoms with Crippen molar-refractivity contribution < 1.29 is 18.9 Å². The highest BCUT2D eigenvalue weighted by atomic mass is 16.7. The Bertz CT molecular complexity index is 1340. The van der Waals surface area contributed by atoms with Gasteiger partial charge in [-0.25, -0.2) is 0 Å². The Morgan fingerprint density at radius 2 is 1.68 bits per heavy atom. The highest BCUT2D eigenvalue weighted by Crippen LogP contribution is 2.42. The van der Waals surface area contributed by atoms with Crippen LogP contribution >= 0.6 is 0 Å². The number of pyridine rings is 1. The highest BCUT2D eigenvalue weighted by Gasteiger charge is 2.18. The van der Waals surface area contributed by atoms with E-state index >= 15 is 0 Å². The summed E-state index contributed by atoms with van der Waals surface area (Å²) in [6.45, 7) is 1.08. The van der Waals surface area contributed by atoms with Crippen LogP contribution in [0.15, 0.2) is 42.6 Å². The van der Waals surface area contributed by atoms with Crippen LogP contribution in [0, 0.1) is 0 Å². The molecule has 5 rings (SSSR count). The highest BCUT2D eigenvalue weighted by molar-refractivity contribution is 6.20. The number of rotatable bonds is 5. The normalized spacial score (nSPS) is 13.2. The van der Waals surface area contributed by atoms with E-state index in [4.69, 9.17) is 23.9 Å². The first-order chi connectivity index (χ1) is 15.1. The SMILES string of the molecule is COc1cc2cc(/C=C/CN(C)C)c3c4cc5c(cc4ncc3c2cc1OC)OCO5. The lowest BCUT2D eigenvalue weighted by Crippen LogP contribution is -2.10. The number of benzene rings is 3. The number of methoxy groups -OCH3 is 2. The van der Waals surface area contributed by atoms with Gasteiger partial charge < -0.3 is 23.8 Å². The zero-order valence-electron chi connectivity index (χ0n) is 18.1. The van der Waals surface area contributed by atoms with Crippen LogP contribution in [0.3, 0.4) is 0 Å². The van der Waals surface area contributed by atoms with Gasteiger partial charge in [-0.1, -0.05) is 12.2 Å². The van der Waals surface area contributed by atoms with E-state index in [0.717, 1.165) is 56.1 Å². The zero-order valence-corrected chi connectivity index (χ0v) is 18.1. The number of fused-ring (bicyclic) bond motifs is 6. The Morgan fingerprint density at radius 3 is 2.42 bits per heavy atom. The van der Waals surface area contributed by atoms with Gasteiger partial charge in [-0.15, -0.1) is 0 Å². The van der Waals surface area contributed by atoms with E-state index in [2.05, 4.69) is 37.2 Å². The molecule has 0 spiro atoms. The van der Waals surface area contributed by atoms with E-state index in [1.807, 2.05) is 30.5 Å². The van der Waals surface area contributed by atoms with Crippen molar-refractivity contribution >= 4 is 38.5 Å². The summed E-state index contributed by atoms with van der Waals surface area (Å²) in [5, 5.41) is 5.33. The van der Waals surface area contributed by atoms with Crippen molar-refractivity contribution in [1.82, 2.24) is 9.88 Å². The third-order valence-electron chi connectivity index (χ3n) is 5.58. The second kappa shape index (κ2) is 7.63. The first kappa shape index (κ1) is 19.5. The van der Waals surface area contributed by atoms with Crippen LogP contribution in [0.1, 0.15) is 5.56 Å². The van der Waals surface area contributed by atoms with E-state index in [0.29, 0.717) is 11.5 Å². The summed E-state index contributed by atoms with van der Waals surface area (Å²) in [5.41, 5.74) is 1.99. The molecule has 6 heteroatoms. The van der Waals surface area contributed by atoms with Gasteiger partial charge in [0.05, 0.1) is 19.7 Å². The number of hydrogen-bond acceptors (Lipinski definition) is 6. The lowest BCUT2D eigenvalue weighted by molar-refractivity contribution is 0.174. The number of aromatic nitrogens is 1. The van der Waals surface area contributed by atoms with Gasteiger partial charge in [-0.2, -0.15) is 0 Å². The second-order valence-corrected chi connectivity index (χ2v) is 7.83. The molecule has 1 aliphatic heterocycles. The average molecular weight is 416 g/mol. The molecule has 0 aliphatic carbocycles. The Morgan fingerprint density at radius 1 is 0.935 bits per heavy atom. The molecule has 0 unspecified atom stereocenters. The molecule has 3 aromatic carbocycles. The molecular weight excluding hydrogens is 392 g/mol. The fourth-order valence-corrected chi connectivity index (χ4v) is 4.11. The third kappa shape index (κ3) is 3.29. The minimum absolute atomic E-state index is 0.235. The Hall–Kier alpha value is -3.51. The molecule has 158 valence electrons. The van der Waals surface area contributed by atoms with Gasteiger partial charge in [-0.3, -0.25) is 4.98 Å². The fraction of sp³-hybridized carbons (Fsp3) is 0.240. The Balaban J connectivity index is 1.87. The van der Waals surface area contributed by atoms with E-state index in [-0.39, 0.29) is 6.79 Å². The molecular formula is C25H24N2O4. The van der Waals surface area contributed by atoms with Crippen LogP contribution in [-0.4, -0.2) is 51.5 Å². The summed E-state index contributed by atoms with van der Waals surface area (Å²) in [5.74, 6) is 2.88. The molecule has 6 nitrogen and oxygen atoms in total. The molecule has 0 radical (unpaired) electrons. The van der Waals surface area contributed by atoms with Crippen LogP contribution in [0.25, 0.3) is 38.5 Å². The van der Waals surface area contributed by atoms with Crippen LogP contribution < -0.4 is 18.9 Å². The van der Waals surface area contributed by atoms with Gasteiger partial charge in [0.1, 0.15) is 0 Å².